The van der Waals surface area contributed by atoms with E-state index in [0.717, 1.165) is 35.0 Å². The van der Waals surface area contributed by atoms with Gasteiger partial charge in [0, 0.05) is 16.1 Å². The van der Waals surface area contributed by atoms with E-state index < -0.39 is 0 Å². The minimum atomic E-state index is 0.468. The maximum Gasteiger partial charge on any atom is 0.0439 e. The molecule has 1 aromatic rings. The first-order valence-corrected chi connectivity index (χ1v) is 8.01. The van der Waals surface area contributed by atoms with E-state index in [4.69, 9.17) is 23.2 Å². The summed E-state index contributed by atoms with van der Waals surface area (Å²) in [7, 11) is 0. The molecule has 0 amide bonds. The second-order valence-electron chi connectivity index (χ2n) is 5.27. The van der Waals surface area contributed by atoms with E-state index in [0.29, 0.717) is 12.0 Å². The van der Waals surface area contributed by atoms with Gasteiger partial charge in [-0.05, 0) is 55.5 Å². The van der Waals surface area contributed by atoms with Crippen molar-refractivity contribution >= 4 is 23.2 Å². The summed E-state index contributed by atoms with van der Waals surface area (Å²) in [6, 6.07) is 6.19. The highest BCUT2D eigenvalue weighted by molar-refractivity contribution is 6.33. The Bertz CT molecular complexity index is 379. The molecule has 0 radical (unpaired) electrons. The summed E-state index contributed by atoms with van der Waals surface area (Å²) in [5, 5.41) is 5.22. The lowest BCUT2D eigenvalue weighted by Gasteiger charge is -2.25. The SMILES string of the molecule is CCCNC(Cc1cc(Cl)ccc1Cl)C(C)CCC. The van der Waals surface area contributed by atoms with Crippen molar-refractivity contribution in [2.75, 3.05) is 6.54 Å². The zero-order chi connectivity index (χ0) is 14.3. The van der Waals surface area contributed by atoms with E-state index in [1.54, 1.807) is 0 Å². The van der Waals surface area contributed by atoms with Crippen molar-refractivity contribution in [3.05, 3.63) is 33.8 Å². The molecule has 3 heteroatoms. The largest absolute Gasteiger partial charge is 0.313 e. The third-order valence-electron chi connectivity index (χ3n) is 3.54. The number of halogens is 2. The van der Waals surface area contributed by atoms with Crippen molar-refractivity contribution in [1.82, 2.24) is 5.32 Å². The Hall–Kier alpha value is -0.240. The zero-order valence-corrected chi connectivity index (χ0v) is 13.7. The van der Waals surface area contributed by atoms with Gasteiger partial charge in [0.2, 0.25) is 0 Å². The fraction of sp³-hybridized carbons (Fsp3) is 0.625. The summed E-state index contributed by atoms with van der Waals surface area (Å²) in [5.74, 6) is 0.645. The Morgan fingerprint density at radius 3 is 2.53 bits per heavy atom. The molecule has 0 saturated heterocycles. The molecule has 1 rings (SSSR count). The van der Waals surface area contributed by atoms with Gasteiger partial charge in [-0.15, -0.1) is 0 Å². The highest BCUT2D eigenvalue weighted by Gasteiger charge is 2.17. The van der Waals surface area contributed by atoms with Crippen LogP contribution in [0.15, 0.2) is 18.2 Å². The van der Waals surface area contributed by atoms with Gasteiger partial charge in [-0.3, -0.25) is 0 Å². The monoisotopic (exact) mass is 301 g/mol. The second-order valence-corrected chi connectivity index (χ2v) is 6.11. The van der Waals surface area contributed by atoms with Gasteiger partial charge in [-0.1, -0.05) is 50.4 Å². The van der Waals surface area contributed by atoms with Gasteiger partial charge in [-0.25, -0.2) is 0 Å². The fourth-order valence-electron chi connectivity index (χ4n) is 2.40. The van der Waals surface area contributed by atoms with Crippen molar-refractivity contribution in [3.63, 3.8) is 0 Å². The van der Waals surface area contributed by atoms with Gasteiger partial charge in [-0.2, -0.15) is 0 Å². The van der Waals surface area contributed by atoms with E-state index in [2.05, 4.69) is 26.1 Å². The van der Waals surface area contributed by atoms with Gasteiger partial charge < -0.3 is 5.32 Å². The van der Waals surface area contributed by atoms with Crippen LogP contribution >= 0.6 is 23.2 Å². The van der Waals surface area contributed by atoms with Crippen molar-refractivity contribution in [3.8, 4) is 0 Å². The lowest BCUT2D eigenvalue weighted by Crippen LogP contribution is -2.37. The molecule has 1 nitrogen and oxygen atoms in total. The molecule has 2 atom stereocenters. The quantitative estimate of drug-likeness (QED) is 0.683. The number of rotatable bonds is 8. The van der Waals surface area contributed by atoms with Crippen LogP contribution < -0.4 is 5.32 Å². The van der Waals surface area contributed by atoms with E-state index >= 15 is 0 Å². The Labute approximate surface area is 127 Å². The van der Waals surface area contributed by atoms with Crippen molar-refractivity contribution in [2.45, 2.75) is 52.5 Å². The maximum absolute atomic E-state index is 6.27. The molecule has 0 bridgehead atoms. The zero-order valence-electron chi connectivity index (χ0n) is 12.2. The van der Waals surface area contributed by atoms with Gasteiger partial charge in [0.1, 0.15) is 0 Å². The summed E-state index contributed by atoms with van der Waals surface area (Å²) in [6.07, 6.45) is 4.55. The summed E-state index contributed by atoms with van der Waals surface area (Å²) >= 11 is 12.3. The molecule has 0 aliphatic rings. The van der Waals surface area contributed by atoms with Gasteiger partial charge in [0.05, 0.1) is 0 Å². The molecule has 1 N–H and O–H groups in total. The molecule has 0 saturated carbocycles. The molecule has 0 aliphatic heterocycles. The lowest BCUT2D eigenvalue weighted by atomic mass is 9.91. The maximum atomic E-state index is 6.27. The average Bonchev–Trinajstić information content (AvgIpc) is 2.38. The highest BCUT2D eigenvalue weighted by Crippen LogP contribution is 2.24. The molecule has 2 unspecified atom stereocenters. The summed E-state index contributed by atoms with van der Waals surface area (Å²) < 4.78 is 0. The summed E-state index contributed by atoms with van der Waals surface area (Å²) in [6.45, 7) is 7.80. The minimum Gasteiger partial charge on any atom is -0.313 e. The first-order chi connectivity index (χ1) is 9.08. The fourth-order valence-corrected chi connectivity index (χ4v) is 2.79. The Balaban J connectivity index is 2.77. The molecule has 0 aromatic heterocycles. The van der Waals surface area contributed by atoms with Crippen molar-refractivity contribution < 1.29 is 0 Å². The van der Waals surface area contributed by atoms with Crippen molar-refractivity contribution in [2.24, 2.45) is 5.92 Å². The number of benzene rings is 1. The molecular weight excluding hydrogens is 277 g/mol. The topological polar surface area (TPSA) is 12.0 Å². The first kappa shape index (κ1) is 16.8. The van der Waals surface area contributed by atoms with E-state index in [1.807, 2.05) is 18.2 Å². The summed E-state index contributed by atoms with van der Waals surface area (Å²) in [5.41, 5.74) is 1.14. The molecule has 1 aromatic carbocycles. The van der Waals surface area contributed by atoms with Gasteiger partial charge >= 0.3 is 0 Å². The van der Waals surface area contributed by atoms with Crippen LogP contribution in [0, 0.1) is 5.92 Å². The minimum absolute atomic E-state index is 0.468. The normalized spacial score (nSPS) is 14.4. The molecule has 0 heterocycles. The average molecular weight is 302 g/mol. The van der Waals surface area contributed by atoms with Gasteiger partial charge in [0.15, 0.2) is 0 Å². The van der Waals surface area contributed by atoms with Crippen LogP contribution in [0.3, 0.4) is 0 Å². The van der Waals surface area contributed by atoms with Crippen LogP contribution in [0.1, 0.15) is 45.6 Å². The molecule has 19 heavy (non-hydrogen) atoms. The molecular formula is C16H25Cl2N. The van der Waals surface area contributed by atoms with Crippen LogP contribution in [0.2, 0.25) is 10.0 Å². The molecule has 0 spiro atoms. The van der Waals surface area contributed by atoms with Crippen LogP contribution in [-0.4, -0.2) is 12.6 Å². The van der Waals surface area contributed by atoms with E-state index in [-0.39, 0.29) is 0 Å². The first-order valence-electron chi connectivity index (χ1n) is 7.25. The molecule has 0 aliphatic carbocycles. The number of nitrogens with one attached hydrogen (secondary N) is 1. The molecule has 108 valence electrons. The predicted molar refractivity (Wildman–Crippen MR) is 86.3 cm³/mol. The van der Waals surface area contributed by atoms with Gasteiger partial charge in [0.25, 0.3) is 0 Å². The van der Waals surface area contributed by atoms with Crippen LogP contribution in [0.5, 0.6) is 0 Å². The smallest absolute Gasteiger partial charge is 0.0439 e. The van der Waals surface area contributed by atoms with Crippen LogP contribution in [0.25, 0.3) is 0 Å². The molecule has 0 fully saturated rings. The Morgan fingerprint density at radius 2 is 1.89 bits per heavy atom. The predicted octanol–water partition coefficient (Wildman–Crippen LogP) is 5.34. The third kappa shape index (κ3) is 5.72. The van der Waals surface area contributed by atoms with Crippen molar-refractivity contribution in [1.29, 1.82) is 0 Å². The Kier molecular flexibility index (Phi) is 7.82. The van der Waals surface area contributed by atoms with E-state index in [9.17, 15) is 0 Å². The van der Waals surface area contributed by atoms with E-state index in [1.165, 1.54) is 12.8 Å². The Morgan fingerprint density at radius 1 is 1.16 bits per heavy atom. The van der Waals surface area contributed by atoms with Crippen LogP contribution in [-0.2, 0) is 6.42 Å². The second kappa shape index (κ2) is 8.84. The standard InChI is InChI=1S/C16H25Cl2N/c1-4-6-12(3)16(19-9-5-2)11-13-10-14(17)7-8-15(13)18/h7-8,10,12,16,19H,4-6,9,11H2,1-3H3. The number of hydrogen-bond acceptors (Lipinski definition) is 1. The lowest BCUT2D eigenvalue weighted by molar-refractivity contribution is 0.352. The van der Waals surface area contributed by atoms with Crippen LogP contribution in [0.4, 0.5) is 0 Å². The third-order valence-corrected chi connectivity index (χ3v) is 4.14. The summed E-state index contributed by atoms with van der Waals surface area (Å²) in [4.78, 5) is 0. The number of hydrogen-bond donors (Lipinski definition) is 1. The highest BCUT2D eigenvalue weighted by atomic mass is 35.5.